The SMILES string of the molecule is C[C@@H]1CN(c2ccc(Cl)c(F)c2)CCN1C(=O)C(=O)Nc1ccc2[nH]c(=O)oc2c1. The number of H-pyrrole nitrogens is 1. The molecule has 1 fully saturated rings. The highest BCUT2D eigenvalue weighted by Crippen LogP contribution is 2.24. The lowest BCUT2D eigenvalue weighted by atomic mass is 10.1. The lowest BCUT2D eigenvalue weighted by molar-refractivity contribution is -0.144. The van der Waals surface area contributed by atoms with E-state index in [1.807, 2.05) is 11.8 Å². The van der Waals surface area contributed by atoms with Crippen molar-refractivity contribution in [3.8, 4) is 0 Å². The van der Waals surface area contributed by atoms with E-state index in [1.54, 1.807) is 18.2 Å². The highest BCUT2D eigenvalue weighted by Gasteiger charge is 2.31. The minimum atomic E-state index is -0.787. The molecule has 0 aliphatic carbocycles. The fourth-order valence-electron chi connectivity index (χ4n) is 3.51. The maximum absolute atomic E-state index is 13.7. The number of amides is 2. The van der Waals surface area contributed by atoms with Crippen LogP contribution in [0.15, 0.2) is 45.6 Å². The van der Waals surface area contributed by atoms with Gasteiger partial charge in [-0.25, -0.2) is 9.18 Å². The van der Waals surface area contributed by atoms with Crippen molar-refractivity contribution in [1.82, 2.24) is 9.88 Å². The molecule has 2 N–H and O–H groups in total. The number of fused-ring (bicyclic) bond motifs is 1. The highest BCUT2D eigenvalue weighted by molar-refractivity contribution is 6.39. The number of rotatable bonds is 2. The van der Waals surface area contributed by atoms with E-state index in [-0.39, 0.29) is 16.6 Å². The van der Waals surface area contributed by atoms with Gasteiger partial charge >= 0.3 is 17.6 Å². The van der Waals surface area contributed by atoms with Crippen molar-refractivity contribution in [3.63, 3.8) is 0 Å². The number of aromatic nitrogens is 1. The van der Waals surface area contributed by atoms with E-state index in [1.165, 1.54) is 23.1 Å². The van der Waals surface area contributed by atoms with Crippen LogP contribution in [0, 0.1) is 5.82 Å². The maximum atomic E-state index is 13.7. The first-order valence-corrected chi connectivity index (χ1v) is 9.64. The molecular formula is C20H18ClFN4O4. The molecule has 1 aliphatic heterocycles. The number of hydrogen-bond donors (Lipinski definition) is 2. The molecule has 30 heavy (non-hydrogen) atoms. The molecule has 1 saturated heterocycles. The molecule has 0 radical (unpaired) electrons. The third-order valence-electron chi connectivity index (χ3n) is 5.03. The monoisotopic (exact) mass is 432 g/mol. The first-order valence-electron chi connectivity index (χ1n) is 9.26. The summed E-state index contributed by atoms with van der Waals surface area (Å²) in [4.78, 5) is 42.3. The summed E-state index contributed by atoms with van der Waals surface area (Å²) >= 11 is 5.73. The number of carbonyl (C=O) groups is 2. The van der Waals surface area contributed by atoms with Crippen molar-refractivity contribution in [1.29, 1.82) is 0 Å². The topological polar surface area (TPSA) is 98.6 Å². The van der Waals surface area contributed by atoms with Crippen molar-refractivity contribution in [2.75, 3.05) is 29.9 Å². The van der Waals surface area contributed by atoms with Crippen LogP contribution < -0.4 is 16.0 Å². The third-order valence-corrected chi connectivity index (χ3v) is 5.34. The van der Waals surface area contributed by atoms with Gasteiger partial charge in [0.25, 0.3) is 0 Å². The number of aromatic amines is 1. The van der Waals surface area contributed by atoms with Gasteiger partial charge in [0.05, 0.1) is 10.5 Å². The lowest BCUT2D eigenvalue weighted by Crippen LogP contribution is -2.56. The minimum absolute atomic E-state index is 0.0504. The molecule has 2 amide bonds. The Hall–Kier alpha value is -3.33. The van der Waals surface area contributed by atoms with E-state index < -0.39 is 23.4 Å². The summed E-state index contributed by atoms with van der Waals surface area (Å²) in [7, 11) is 0. The van der Waals surface area contributed by atoms with Gasteiger partial charge < -0.3 is 19.5 Å². The predicted octanol–water partition coefficient (Wildman–Crippen LogP) is 2.59. The Kier molecular flexibility index (Phi) is 5.21. The Morgan fingerprint density at radius 3 is 2.77 bits per heavy atom. The molecule has 2 aromatic carbocycles. The first-order chi connectivity index (χ1) is 14.3. The summed E-state index contributed by atoms with van der Waals surface area (Å²) < 4.78 is 18.7. The van der Waals surface area contributed by atoms with Gasteiger partial charge in [-0.05, 0) is 37.3 Å². The van der Waals surface area contributed by atoms with Gasteiger partial charge in [0, 0.05) is 43.1 Å². The van der Waals surface area contributed by atoms with Crippen molar-refractivity contribution < 1.29 is 18.4 Å². The van der Waals surface area contributed by atoms with E-state index in [0.717, 1.165) is 0 Å². The van der Waals surface area contributed by atoms with E-state index in [9.17, 15) is 18.8 Å². The van der Waals surface area contributed by atoms with Crippen LogP contribution in [0.2, 0.25) is 5.02 Å². The highest BCUT2D eigenvalue weighted by atomic mass is 35.5. The van der Waals surface area contributed by atoms with Crippen molar-refractivity contribution >= 4 is 45.9 Å². The number of piperazine rings is 1. The molecule has 0 unspecified atom stereocenters. The van der Waals surface area contributed by atoms with Gasteiger partial charge in [0.1, 0.15) is 5.82 Å². The van der Waals surface area contributed by atoms with Crippen LogP contribution in [0.1, 0.15) is 6.92 Å². The quantitative estimate of drug-likeness (QED) is 0.606. The molecule has 156 valence electrons. The molecule has 2 heterocycles. The van der Waals surface area contributed by atoms with Crippen LogP contribution in [0.5, 0.6) is 0 Å². The van der Waals surface area contributed by atoms with Crippen LogP contribution in [-0.2, 0) is 9.59 Å². The summed E-state index contributed by atoms with van der Waals surface area (Å²) in [5.74, 6) is -2.56. The van der Waals surface area contributed by atoms with Gasteiger partial charge in [0.15, 0.2) is 5.58 Å². The Labute approximate surface area is 175 Å². The molecule has 4 rings (SSSR count). The molecule has 8 nitrogen and oxygen atoms in total. The fraction of sp³-hybridized carbons (Fsp3) is 0.250. The number of benzene rings is 2. The van der Waals surface area contributed by atoms with Crippen LogP contribution in [-0.4, -0.2) is 47.4 Å². The number of nitrogens with zero attached hydrogens (tertiary/aromatic N) is 2. The number of carbonyl (C=O) groups excluding carboxylic acids is 2. The van der Waals surface area contributed by atoms with E-state index >= 15 is 0 Å². The zero-order valence-electron chi connectivity index (χ0n) is 15.9. The Balaban J connectivity index is 1.42. The summed E-state index contributed by atoms with van der Waals surface area (Å²) in [6.07, 6.45) is 0. The number of anilines is 2. The summed E-state index contributed by atoms with van der Waals surface area (Å²) in [5, 5.41) is 2.58. The zero-order valence-corrected chi connectivity index (χ0v) is 16.7. The lowest BCUT2D eigenvalue weighted by Gasteiger charge is -2.40. The number of oxazole rings is 1. The summed E-state index contributed by atoms with van der Waals surface area (Å²) in [5.41, 5.74) is 1.78. The average Bonchev–Trinajstić information content (AvgIpc) is 3.08. The van der Waals surface area contributed by atoms with E-state index in [4.69, 9.17) is 16.0 Å². The van der Waals surface area contributed by atoms with E-state index in [0.29, 0.717) is 36.5 Å². The van der Waals surface area contributed by atoms with E-state index in [2.05, 4.69) is 10.3 Å². The van der Waals surface area contributed by atoms with Crippen molar-refractivity contribution in [2.24, 2.45) is 0 Å². The number of hydrogen-bond acceptors (Lipinski definition) is 5. The summed E-state index contributed by atoms with van der Waals surface area (Å²) in [6.45, 7) is 3.03. The number of nitrogens with one attached hydrogen (secondary N) is 2. The van der Waals surface area contributed by atoms with Gasteiger partial charge in [-0.2, -0.15) is 0 Å². The molecule has 0 bridgehead atoms. The molecule has 1 aliphatic rings. The molecule has 3 aromatic rings. The molecule has 1 aromatic heterocycles. The zero-order chi connectivity index (χ0) is 21.4. The average molecular weight is 433 g/mol. The maximum Gasteiger partial charge on any atom is 0.417 e. The molecule has 1 atom stereocenters. The molecule has 0 saturated carbocycles. The van der Waals surface area contributed by atoms with Gasteiger partial charge in [-0.3, -0.25) is 14.6 Å². The summed E-state index contributed by atoms with van der Waals surface area (Å²) in [6, 6.07) is 8.91. The van der Waals surface area contributed by atoms with Crippen molar-refractivity contribution in [3.05, 3.63) is 57.8 Å². The van der Waals surface area contributed by atoms with Gasteiger partial charge in [0.2, 0.25) is 0 Å². The number of halogens is 2. The van der Waals surface area contributed by atoms with Gasteiger partial charge in [-0.15, -0.1) is 0 Å². The largest absolute Gasteiger partial charge is 0.417 e. The minimum Gasteiger partial charge on any atom is -0.408 e. The third kappa shape index (κ3) is 3.88. The standard InChI is InChI=1S/C20H18ClFN4O4/c1-11-10-25(13-3-4-14(21)15(22)9-13)6-7-26(11)19(28)18(27)23-12-2-5-16-17(8-12)30-20(29)24-16/h2-5,8-9,11H,6-7,10H2,1H3,(H,23,27)(H,24,29)/t11-/m1/s1. The molecular weight excluding hydrogens is 415 g/mol. The van der Waals surface area contributed by atoms with Crippen LogP contribution >= 0.6 is 11.6 Å². The Morgan fingerprint density at radius 1 is 1.23 bits per heavy atom. The van der Waals surface area contributed by atoms with Crippen LogP contribution in [0.25, 0.3) is 11.1 Å². The second-order valence-corrected chi connectivity index (χ2v) is 7.48. The van der Waals surface area contributed by atoms with Gasteiger partial charge in [-0.1, -0.05) is 11.6 Å². The molecule has 0 spiro atoms. The predicted molar refractivity (Wildman–Crippen MR) is 110 cm³/mol. The van der Waals surface area contributed by atoms with Crippen molar-refractivity contribution in [2.45, 2.75) is 13.0 Å². The van der Waals surface area contributed by atoms with Crippen LogP contribution in [0.3, 0.4) is 0 Å². The second-order valence-electron chi connectivity index (χ2n) is 7.07. The second kappa shape index (κ2) is 7.83. The normalized spacial score (nSPS) is 16.7. The smallest absolute Gasteiger partial charge is 0.408 e. The Bertz CT molecular complexity index is 1190. The molecule has 10 heteroatoms. The van der Waals surface area contributed by atoms with Crippen LogP contribution in [0.4, 0.5) is 15.8 Å². The Morgan fingerprint density at radius 2 is 2.03 bits per heavy atom. The first kappa shape index (κ1) is 20.0. The fourth-order valence-corrected chi connectivity index (χ4v) is 3.63.